The van der Waals surface area contributed by atoms with E-state index in [2.05, 4.69) is 4.98 Å². The van der Waals surface area contributed by atoms with Crippen LogP contribution in [0.1, 0.15) is 5.69 Å². The highest BCUT2D eigenvalue weighted by atomic mass is 19.1. The fraction of sp³-hybridized carbons (Fsp3) is 0.0714. The summed E-state index contributed by atoms with van der Waals surface area (Å²) in [6.45, 7) is 1.91. The molecule has 90 valence electrons. The van der Waals surface area contributed by atoms with Crippen LogP contribution in [0.15, 0.2) is 42.6 Å². The van der Waals surface area contributed by atoms with Crippen LogP contribution in [0.25, 0.3) is 16.9 Å². The second-order valence-corrected chi connectivity index (χ2v) is 4.25. The highest BCUT2D eigenvalue weighted by molar-refractivity contribution is 5.68. The maximum atomic E-state index is 13.3. The molecule has 3 aromatic rings. The van der Waals surface area contributed by atoms with Crippen molar-refractivity contribution in [2.75, 3.05) is 5.73 Å². The molecule has 2 heterocycles. The lowest BCUT2D eigenvalue weighted by Gasteiger charge is -2.02. The fourth-order valence-electron chi connectivity index (χ4n) is 2.08. The van der Waals surface area contributed by atoms with Gasteiger partial charge in [-0.1, -0.05) is 12.1 Å². The van der Waals surface area contributed by atoms with Gasteiger partial charge in [0.25, 0.3) is 0 Å². The molecule has 0 aliphatic rings. The van der Waals surface area contributed by atoms with Crippen molar-refractivity contribution in [3.05, 3.63) is 54.1 Å². The van der Waals surface area contributed by atoms with Crippen LogP contribution < -0.4 is 5.73 Å². The van der Waals surface area contributed by atoms with Gasteiger partial charge in [-0.25, -0.2) is 9.37 Å². The average molecular weight is 241 g/mol. The van der Waals surface area contributed by atoms with Crippen molar-refractivity contribution in [2.45, 2.75) is 6.92 Å². The minimum Gasteiger partial charge on any atom is -0.399 e. The molecular formula is C14H12FN3. The number of benzene rings is 1. The molecule has 4 heteroatoms. The first-order chi connectivity index (χ1) is 8.65. The van der Waals surface area contributed by atoms with E-state index in [1.807, 2.05) is 29.7 Å². The summed E-state index contributed by atoms with van der Waals surface area (Å²) >= 11 is 0. The summed E-state index contributed by atoms with van der Waals surface area (Å²) in [6, 6.07) is 10.1. The molecule has 2 N–H and O–H groups in total. The van der Waals surface area contributed by atoms with Crippen molar-refractivity contribution in [2.24, 2.45) is 0 Å². The maximum Gasteiger partial charge on any atom is 0.144 e. The highest BCUT2D eigenvalue weighted by Gasteiger charge is 2.10. The molecule has 1 aromatic carbocycles. The van der Waals surface area contributed by atoms with Crippen molar-refractivity contribution in [3.8, 4) is 11.4 Å². The Kier molecular flexibility index (Phi) is 2.30. The third-order valence-corrected chi connectivity index (χ3v) is 2.93. The number of anilines is 1. The van der Waals surface area contributed by atoms with Crippen LogP contribution in [0, 0.1) is 12.7 Å². The van der Waals surface area contributed by atoms with Gasteiger partial charge < -0.3 is 5.73 Å². The number of fused-ring (bicyclic) bond motifs is 1. The van der Waals surface area contributed by atoms with E-state index >= 15 is 0 Å². The number of halogens is 1. The first-order valence-corrected chi connectivity index (χ1v) is 5.65. The van der Waals surface area contributed by atoms with E-state index in [-0.39, 0.29) is 5.82 Å². The molecule has 0 amide bonds. The monoisotopic (exact) mass is 241 g/mol. The number of nitrogens with two attached hydrogens (primary N) is 1. The largest absolute Gasteiger partial charge is 0.399 e. The van der Waals surface area contributed by atoms with Gasteiger partial charge in [-0.3, -0.25) is 4.40 Å². The molecule has 0 saturated heterocycles. The second kappa shape index (κ2) is 3.84. The Bertz CT molecular complexity index is 731. The van der Waals surface area contributed by atoms with E-state index in [0.29, 0.717) is 5.69 Å². The second-order valence-electron chi connectivity index (χ2n) is 4.25. The lowest BCUT2D eigenvalue weighted by atomic mass is 10.2. The molecular weight excluding hydrogens is 229 g/mol. The standard InChI is InChI=1S/C14H12FN3/c1-9-13-8-12(16)5-6-18(13)14(17-9)10-3-2-4-11(15)7-10/h2-8H,16H2,1H3. The van der Waals surface area contributed by atoms with Crippen LogP contribution >= 0.6 is 0 Å². The van der Waals surface area contributed by atoms with Gasteiger partial charge in [0.05, 0.1) is 11.2 Å². The minimum absolute atomic E-state index is 0.266. The van der Waals surface area contributed by atoms with Crippen LogP contribution in [-0.4, -0.2) is 9.38 Å². The van der Waals surface area contributed by atoms with Gasteiger partial charge >= 0.3 is 0 Å². The number of imidazole rings is 1. The number of pyridine rings is 1. The van der Waals surface area contributed by atoms with Crippen LogP contribution in [0.5, 0.6) is 0 Å². The Morgan fingerprint density at radius 2 is 2.06 bits per heavy atom. The molecule has 0 bridgehead atoms. The molecule has 2 aromatic heterocycles. The predicted octanol–water partition coefficient (Wildman–Crippen LogP) is 3.03. The number of rotatable bonds is 1. The zero-order chi connectivity index (χ0) is 12.7. The number of nitrogens with zero attached hydrogens (tertiary/aromatic N) is 2. The summed E-state index contributed by atoms with van der Waals surface area (Å²) < 4.78 is 15.2. The van der Waals surface area contributed by atoms with Crippen molar-refractivity contribution >= 4 is 11.2 Å². The quantitative estimate of drug-likeness (QED) is 0.711. The highest BCUT2D eigenvalue weighted by Crippen LogP contribution is 2.24. The normalized spacial score (nSPS) is 11.0. The Labute approximate surface area is 104 Å². The lowest BCUT2D eigenvalue weighted by Crippen LogP contribution is -1.91. The third-order valence-electron chi connectivity index (χ3n) is 2.93. The Balaban J connectivity index is 2.30. The molecule has 3 nitrogen and oxygen atoms in total. The summed E-state index contributed by atoms with van der Waals surface area (Å²) in [6.07, 6.45) is 1.85. The first-order valence-electron chi connectivity index (χ1n) is 5.65. The van der Waals surface area contributed by atoms with Crippen LogP contribution in [0.4, 0.5) is 10.1 Å². The first kappa shape index (κ1) is 10.8. The third kappa shape index (κ3) is 1.62. The smallest absolute Gasteiger partial charge is 0.144 e. The molecule has 3 rings (SSSR count). The Morgan fingerprint density at radius 1 is 1.22 bits per heavy atom. The molecule has 0 saturated carbocycles. The van der Waals surface area contributed by atoms with E-state index in [1.54, 1.807) is 12.1 Å². The molecule has 0 radical (unpaired) electrons. The molecule has 0 spiro atoms. The van der Waals surface area contributed by atoms with Gasteiger partial charge in [0.2, 0.25) is 0 Å². The fourth-order valence-corrected chi connectivity index (χ4v) is 2.08. The summed E-state index contributed by atoms with van der Waals surface area (Å²) in [5.74, 6) is 0.458. The van der Waals surface area contributed by atoms with Crippen molar-refractivity contribution in [3.63, 3.8) is 0 Å². The molecule has 0 aliphatic carbocycles. The van der Waals surface area contributed by atoms with Crippen molar-refractivity contribution < 1.29 is 4.39 Å². The average Bonchev–Trinajstić information content (AvgIpc) is 2.67. The van der Waals surface area contributed by atoms with E-state index in [9.17, 15) is 4.39 Å². The topological polar surface area (TPSA) is 43.3 Å². The van der Waals surface area contributed by atoms with E-state index in [1.165, 1.54) is 12.1 Å². The van der Waals surface area contributed by atoms with Gasteiger partial charge in [-0.15, -0.1) is 0 Å². The van der Waals surface area contributed by atoms with Gasteiger partial charge in [-0.2, -0.15) is 0 Å². The summed E-state index contributed by atoms with van der Waals surface area (Å²) in [5, 5.41) is 0. The number of hydrogen-bond donors (Lipinski definition) is 1. The lowest BCUT2D eigenvalue weighted by molar-refractivity contribution is 0.628. The summed E-state index contributed by atoms with van der Waals surface area (Å²) in [5.41, 5.74) is 9.02. The molecule has 0 aliphatic heterocycles. The van der Waals surface area contributed by atoms with Gasteiger partial charge in [0.15, 0.2) is 0 Å². The summed E-state index contributed by atoms with van der Waals surface area (Å²) in [4.78, 5) is 4.48. The van der Waals surface area contributed by atoms with Crippen molar-refractivity contribution in [1.82, 2.24) is 9.38 Å². The molecule has 0 unspecified atom stereocenters. The zero-order valence-corrected chi connectivity index (χ0v) is 9.89. The summed E-state index contributed by atoms with van der Waals surface area (Å²) in [7, 11) is 0. The molecule has 18 heavy (non-hydrogen) atoms. The van der Waals surface area contributed by atoms with Crippen molar-refractivity contribution in [1.29, 1.82) is 0 Å². The van der Waals surface area contributed by atoms with Gasteiger partial charge in [-0.05, 0) is 31.2 Å². The number of aromatic nitrogens is 2. The van der Waals surface area contributed by atoms with Crippen LogP contribution in [0.2, 0.25) is 0 Å². The Hall–Kier alpha value is -2.36. The Morgan fingerprint density at radius 3 is 2.83 bits per heavy atom. The molecule has 0 fully saturated rings. The number of aryl methyl sites for hydroxylation is 1. The molecule has 0 atom stereocenters. The van der Waals surface area contributed by atoms with Crippen LogP contribution in [-0.2, 0) is 0 Å². The van der Waals surface area contributed by atoms with Gasteiger partial charge in [0, 0.05) is 17.4 Å². The van der Waals surface area contributed by atoms with E-state index in [4.69, 9.17) is 5.73 Å². The van der Waals surface area contributed by atoms with Crippen LogP contribution in [0.3, 0.4) is 0 Å². The zero-order valence-electron chi connectivity index (χ0n) is 9.89. The minimum atomic E-state index is -0.266. The maximum absolute atomic E-state index is 13.3. The number of hydrogen-bond acceptors (Lipinski definition) is 2. The number of nitrogen functional groups attached to an aromatic ring is 1. The predicted molar refractivity (Wildman–Crippen MR) is 69.7 cm³/mol. The van der Waals surface area contributed by atoms with E-state index in [0.717, 1.165) is 22.6 Å². The van der Waals surface area contributed by atoms with E-state index < -0.39 is 0 Å². The van der Waals surface area contributed by atoms with Gasteiger partial charge in [0.1, 0.15) is 11.6 Å². The SMILES string of the molecule is Cc1nc(-c2cccc(F)c2)n2ccc(N)cc12.